The van der Waals surface area contributed by atoms with Gasteiger partial charge in [0.05, 0.1) is 25.9 Å². The molecule has 0 saturated carbocycles. The third-order valence-corrected chi connectivity index (χ3v) is 3.63. The molecule has 1 aliphatic rings. The highest BCUT2D eigenvalue weighted by atomic mass is 16.5. The molecule has 0 aromatic heterocycles. The Labute approximate surface area is 115 Å². The third kappa shape index (κ3) is 3.26. The van der Waals surface area contributed by atoms with Crippen molar-refractivity contribution in [3.63, 3.8) is 0 Å². The van der Waals surface area contributed by atoms with Crippen LogP contribution in [-0.2, 0) is 4.74 Å². The third-order valence-electron chi connectivity index (χ3n) is 3.63. The molecule has 0 bridgehead atoms. The molecule has 1 N–H and O–H groups in total. The van der Waals surface area contributed by atoms with Crippen LogP contribution in [0.1, 0.15) is 17.2 Å². The Balaban J connectivity index is 2.25. The van der Waals surface area contributed by atoms with E-state index in [1.54, 1.807) is 7.11 Å². The molecule has 1 heterocycles. The molecule has 2 atom stereocenters. The number of rotatable bonds is 4. The molecule has 0 amide bonds. The second kappa shape index (κ2) is 6.37. The summed E-state index contributed by atoms with van der Waals surface area (Å²) in [6.07, 6.45) is 0.191. The summed E-state index contributed by atoms with van der Waals surface area (Å²) < 4.78 is 11.2. The maximum absolute atomic E-state index is 5.92. The van der Waals surface area contributed by atoms with Crippen LogP contribution >= 0.6 is 0 Å². The van der Waals surface area contributed by atoms with Crippen molar-refractivity contribution < 1.29 is 9.47 Å². The van der Waals surface area contributed by atoms with Crippen LogP contribution in [0.2, 0.25) is 0 Å². The van der Waals surface area contributed by atoms with Crippen molar-refractivity contribution in [3.05, 3.63) is 29.3 Å². The zero-order valence-electron chi connectivity index (χ0n) is 12.3. The van der Waals surface area contributed by atoms with Crippen molar-refractivity contribution in [2.24, 2.45) is 0 Å². The van der Waals surface area contributed by atoms with Crippen molar-refractivity contribution in [2.75, 3.05) is 40.9 Å². The Morgan fingerprint density at radius 3 is 2.74 bits per heavy atom. The van der Waals surface area contributed by atoms with Crippen molar-refractivity contribution in [2.45, 2.75) is 19.1 Å². The lowest BCUT2D eigenvalue weighted by Crippen LogP contribution is -2.45. The van der Waals surface area contributed by atoms with E-state index in [4.69, 9.17) is 9.47 Å². The Bertz CT molecular complexity index is 415. The number of hydrogen-bond acceptors (Lipinski definition) is 4. The molecule has 19 heavy (non-hydrogen) atoms. The lowest BCUT2D eigenvalue weighted by atomic mass is 9.97. The zero-order valence-corrected chi connectivity index (χ0v) is 12.3. The maximum atomic E-state index is 5.92. The molecule has 2 rings (SSSR count). The fourth-order valence-electron chi connectivity index (χ4n) is 2.72. The summed E-state index contributed by atoms with van der Waals surface area (Å²) in [5.74, 6) is 0.934. The van der Waals surface area contributed by atoms with Gasteiger partial charge in [-0.15, -0.1) is 0 Å². The van der Waals surface area contributed by atoms with Gasteiger partial charge in [-0.2, -0.15) is 0 Å². The first kappa shape index (κ1) is 14.3. The van der Waals surface area contributed by atoms with Gasteiger partial charge in [-0.1, -0.05) is 12.1 Å². The highest BCUT2D eigenvalue weighted by Gasteiger charge is 2.27. The average molecular weight is 264 g/mol. The lowest BCUT2D eigenvalue weighted by molar-refractivity contribution is -0.0212. The standard InChI is InChI=1S/C15H24N2O2/c1-11-9-12(5-6-13(11)18-4)15(17(2)3)14-10-16-7-8-19-14/h5-6,9,14-16H,7-8,10H2,1-4H3. The molecule has 4 nitrogen and oxygen atoms in total. The number of benzene rings is 1. The van der Waals surface area contributed by atoms with E-state index in [2.05, 4.69) is 43.4 Å². The van der Waals surface area contributed by atoms with Gasteiger partial charge in [-0.05, 0) is 38.2 Å². The topological polar surface area (TPSA) is 33.7 Å². The number of hydrogen-bond donors (Lipinski definition) is 1. The second-order valence-electron chi connectivity index (χ2n) is 5.25. The van der Waals surface area contributed by atoms with E-state index in [1.807, 2.05) is 6.07 Å². The predicted molar refractivity (Wildman–Crippen MR) is 76.8 cm³/mol. The molecular formula is C15H24N2O2. The number of ether oxygens (including phenoxy) is 2. The molecule has 0 radical (unpaired) electrons. The Hall–Kier alpha value is -1.10. The van der Waals surface area contributed by atoms with E-state index in [1.165, 1.54) is 5.56 Å². The van der Waals surface area contributed by atoms with E-state index >= 15 is 0 Å². The molecule has 1 aliphatic heterocycles. The van der Waals surface area contributed by atoms with Crippen molar-refractivity contribution in [3.8, 4) is 5.75 Å². The smallest absolute Gasteiger partial charge is 0.121 e. The van der Waals surface area contributed by atoms with Crippen LogP contribution < -0.4 is 10.1 Å². The van der Waals surface area contributed by atoms with Crippen LogP contribution in [0.4, 0.5) is 0 Å². The SMILES string of the molecule is COc1ccc(C(C2CNCCO2)N(C)C)cc1C. The van der Waals surface area contributed by atoms with Crippen LogP contribution in [-0.4, -0.2) is 51.9 Å². The molecule has 1 aromatic rings. The van der Waals surface area contributed by atoms with Gasteiger partial charge in [-0.25, -0.2) is 0 Å². The first-order valence-corrected chi connectivity index (χ1v) is 6.76. The molecule has 106 valence electrons. The number of aryl methyl sites for hydroxylation is 1. The van der Waals surface area contributed by atoms with Crippen molar-refractivity contribution >= 4 is 0 Å². The summed E-state index contributed by atoms with van der Waals surface area (Å²) >= 11 is 0. The Morgan fingerprint density at radius 2 is 2.21 bits per heavy atom. The number of nitrogens with one attached hydrogen (secondary N) is 1. The normalized spacial score (nSPS) is 21.4. The fraction of sp³-hybridized carbons (Fsp3) is 0.600. The average Bonchev–Trinajstić information content (AvgIpc) is 2.40. The molecule has 1 aromatic carbocycles. The zero-order chi connectivity index (χ0) is 13.8. The minimum absolute atomic E-state index is 0.191. The van der Waals surface area contributed by atoms with E-state index in [0.717, 1.165) is 31.0 Å². The van der Waals surface area contributed by atoms with Gasteiger partial charge in [0.2, 0.25) is 0 Å². The Morgan fingerprint density at radius 1 is 1.42 bits per heavy atom. The summed E-state index contributed by atoms with van der Waals surface area (Å²) in [6.45, 7) is 4.70. The fourth-order valence-corrected chi connectivity index (χ4v) is 2.72. The largest absolute Gasteiger partial charge is 0.496 e. The van der Waals surface area contributed by atoms with E-state index in [-0.39, 0.29) is 12.1 Å². The first-order chi connectivity index (χ1) is 9.13. The van der Waals surface area contributed by atoms with Crippen LogP contribution in [0.15, 0.2) is 18.2 Å². The molecular weight excluding hydrogens is 240 g/mol. The maximum Gasteiger partial charge on any atom is 0.121 e. The Kier molecular flexibility index (Phi) is 4.80. The van der Waals surface area contributed by atoms with E-state index < -0.39 is 0 Å². The van der Waals surface area contributed by atoms with Crippen molar-refractivity contribution in [1.29, 1.82) is 0 Å². The quantitative estimate of drug-likeness (QED) is 0.895. The highest BCUT2D eigenvalue weighted by Crippen LogP contribution is 2.29. The van der Waals surface area contributed by atoms with Gasteiger partial charge in [0.25, 0.3) is 0 Å². The molecule has 1 saturated heterocycles. The predicted octanol–water partition coefficient (Wildman–Crippen LogP) is 1.59. The molecule has 0 aliphatic carbocycles. The number of likely N-dealkylation sites (N-methyl/N-ethyl adjacent to an activating group) is 1. The van der Waals surface area contributed by atoms with Gasteiger partial charge >= 0.3 is 0 Å². The van der Waals surface area contributed by atoms with E-state index in [9.17, 15) is 0 Å². The molecule has 4 heteroatoms. The summed E-state index contributed by atoms with van der Waals surface area (Å²) in [6, 6.07) is 6.63. The van der Waals surface area contributed by atoms with Crippen LogP contribution in [0.3, 0.4) is 0 Å². The van der Waals surface area contributed by atoms with Crippen LogP contribution in [0.25, 0.3) is 0 Å². The minimum Gasteiger partial charge on any atom is -0.496 e. The summed E-state index contributed by atoms with van der Waals surface area (Å²) in [7, 11) is 5.91. The van der Waals surface area contributed by atoms with Gasteiger partial charge < -0.3 is 19.7 Å². The molecule has 1 fully saturated rings. The monoisotopic (exact) mass is 264 g/mol. The molecule has 2 unspecified atom stereocenters. The highest BCUT2D eigenvalue weighted by molar-refractivity contribution is 5.37. The van der Waals surface area contributed by atoms with E-state index in [0.29, 0.717) is 0 Å². The first-order valence-electron chi connectivity index (χ1n) is 6.76. The molecule has 0 spiro atoms. The summed E-state index contributed by atoms with van der Waals surface area (Å²) in [4.78, 5) is 2.22. The van der Waals surface area contributed by atoms with Gasteiger partial charge in [0, 0.05) is 13.1 Å². The second-order valence-corrected chi connectivity index (χ2v) is 5.25. The van der Waals surface area contributed by atoms with Gasteiger partial charge in [0.15, 0.2) is 0 Å². The lowest BCUT2D eigenvalue weighted by Gasteiger charge is -2.35. The van der Waals surface area contributed by atoms with Crippen molar-refractivity contribution in [1.82, 2.24) is 10.2 Å². The van der Waals surface area contributed by atoms with Gasteiger partial charge in [0.1, 0.15) is 5.75 Å². The van der Waals surface area contributed by atoms with Crippen LogP contribution in [0, 0.1) is 6.92 Å². The minimum atomic E-state index is 0.191. The summed E-state index contributed by atoms with van der Waals surface area (Å²) in [5.41, 5.74) is 2.44. The number of morpholine rings is 1. The summed E-state index contributed by atoms with van der Waals surface area (Å²) in [5, 5.41) is 3.40. The number of nitrogens with zero attached hydrogens (tertiary/aromatic N) is 1. The van der Waals surface area contributed by atoms with Gasteiger partial charge in [-0.3, -0.25) is 0 Å². The number of methoxy groups -OCH3 is 1. The van der Waals surface area contributed by atoms with Crippen LogP contribution in [0.5, 0.6) is 5.75 Å².